The lowest BCUT2D eigenvalue weighted by atomic mass is 10.3. The van der Waals surface area contributed by atoms with E-state index < -0.39 is 18.2 Å². The molecule has 0 saturated heterocycles. The van der Waals surface area contributed by atoms with Crippen LogP contribution in [0.25, 0.3) is 0 Å². The Morgan fingerprint density at radius 3 is 1.88 bits per heavy atom. The molecular weight excluding hydrogens is 112 g/mol. The van der Waals surface area contributed by atoms with Gasteiger partial charge in [0.15, 0.2) is 0 Å². The summed E-state index contributed by atoms with van der Waals surface area (Å²) < 4.78 is 0. The third-order valence-electron chi connectivity index (χ3n) is 0.653. The Bertz CT molecular complexity index is 92.5. The third-order valence-corrected chi connectivity index (χ3v) is 0.653. The number of aliphatic hydroxyl groups excluding tert-OH is 1. The first kappa shape index (κ1) is 7.35. The number of aliphatic hydroxyl groups is 1. The van der Waals surface area contributed by atoms with E-state index in [2.05, 4.69) is 5.73 Å². The first-order valence-electron chi connectivity index (χ1n) is 1.97. The Morgan fingerprint density at radius 1 is 1.50 bits per heavy atom. The second-order valence-electron chi connectivity index (χ2n) is 1.35. The fourth-order valence-electron chi connectivity index (χ4n) is 0.146. The molecule has 0 fully saturated rings. The molecule has 0 aromatic heterocycles. The number of rotatable bonds is 2. The van der Waals surface area contributed by atoms with Crippen LogP contribution in [0.15, 0.2) is 0 Å². The van der Waals surface area contributed by atoms with Gasteiger partial charge in [0, 0.05) is 0 Å². The molecule has 0 aliphatic rings. The fraction of sp³-hybridized carbons (Fsp3) is 0.667. The van der Waals surface area contributed by atoms with Crippen molar-refractivity contribution >= 4 is 5.97 Å². The smallest absolute Gasteiger partial charge is 0.324 e. The summed E-state index contributed by atoms with van der Waals surface area (Å²) in [6.45, 7) is 0. The van der Waals surface area contributed by atoms with Gasteiger partial charge in [0.25, 0.3) is 0 Å². The van der Waals surface area contributed by atoms with Crippen LogP contribution in [0.5, 0.6) is 0 Å². The summed E-state index contributed by atoms with van der Waals surface area (Å²) in [7, 11) is 0. The maximum Gasteiger partial charge on any atom is 0.324 e. The molecule has 0 radical (unpaired) electrons. The minimum absolute atomic E-state index is 1.31. The summed E-state index contributed by atoms with van der Waals surface area (Å²) in [6, 6.07) is -1.38. The van der Waals surface area contributed by atoms with Gasteiger partial charge in [-0.1, -0.05) is 0 Å². The highest BCUT2D eigenvalue weighted by Gasteiger charge is 2.16. The Morgan fingerprint density at radius 2 is 1.88 bits per heavy atom. The van der Waals surface area contributed by atoms with E-state index in [0.717, 1.165) is 0 Å². The van der Waals surface area contributed by atoms with Gasteiger partial charge in [-0.15, -0.1) is 0 Å². The van der Waals surface area contributed by atoms with Gasteiger partial charge in [0.2, 0.25) is 0 Å². The van der Waals surface area contributed by atoms with E-state index >= 15 is 0 Å². The van der Waals surface area contributed by atoms with Crippen LogP contribution in [-0.2, 0) is 4.79 Å². The van der Waals surface area contributed by atoms with Gasteiger partial charge in [0.05, 0.1) is 0 Å². The second-order valence-corrected chi connectivity index (χ2v) is 1.35. The molecule has 0 bridgehead atoms. The quantitative estimate of drug-likeness (QED) is 0.306. The lowest BCUT2D eigenvalue weighted by Gasteiger charge is -2.07. The van der Waals surface area contributed by atoms with Gasteiger partial charge in [-0.2, -0.15) is 0 Å². The summed E-state index contributed by atoms with van der Waals surface area (Å²) in [4.78, 5) is 9.78. The molecule has 0 saturated carbocycles. The van der Waals surface area contributed by atoms with Crippen molar-refractivity contribution in [3.63, 3.8) is 0 Å². The maximum atomic E-state index is 9.78. The standard InChI is InChI=1S/C3H8N2O3/c4-1(2(5)6)3(7)8/h1-2,6H,4-5H2,(H,7,8). The highest BCUT2D eigenvalue weighted by Crippen LogP contribution is 1.79. The maximum absolute atomic E-state index is 9.78. The Labute approximate surface area is 45.9 Å². The number of hydrogen-bond donors (Lipinski definition) is 4. The largest absolute Gasteiger partial charge is 0.480 e. The summed E-state index contributed by atoms with van der Waals surface area (Å²) in [5.74, 6) is -1.31. The van der Waals surface area contributed by atoms with Crippen molar-refractivity contribution in [2.75, 3.05) is 0 Å². The Kier molecular flexibility index (Phi) is 2.40. The van der Waals surface area contributed by atoms with Crippen molar-refractivity contribution < 1.29 is 15.0 Å². The van der Waals surface area contributed by atoms with Crippen molar-refractivity contribution in [1.29, 1.82) is 0 Å². The molecule has 0 aromatic rings. The number of carbonyl (C=O) groups is 1. The monoisotopic (exact) mass is 120 g/mol. The number of hydrogen-bond acceptors (Lipinski definition) is 4. The topological polar surface area (TPSA) is 110 Å². The molecule has 0 heterocycles. The molecule has 5 heteroatoms. The molecule has 2 unspecified atom stereocenters. The molecule has 0 spiro atoms. The normalized spacial score (nSPS) is 17.4. The predicted molar refractivity (Wildman–Crippen MR) is 25.8 cm³/mol. The summed E-state index contributed by atoms with van der Waals surface area (Å²) in [6.07, 6.45) is -1.48. The third kappa shape index (κ3) is 1.87. The van der Waals surface area contributed by atoms with Crippen molar-refractivity contribution in [2.24, 2.45) is 11.5 Å². The number of carboxylic acids is 1. The van der Waals surface area contributed by atoms with Gasteiger partial charge < -0.3 is 21.7 Å². The van der Waals surface area contributed by atoms with Crippen LogP contribution in [-0.4, -0.2) is 28.5 Å². The van der Waals surface area contributed by atoms with Crippen molar-refractivity contribution in [2.45, 2.75) is 12.3 Å². The molecule has 48 valence electrons. The highest BCUT2D eigenvalue weighted by molar-refractivity contribution is 5.73. The number of aliphatic carboxylic acids is 1. The van der Waals surface area contributed by atoms with E-state index in [9.17, 15) is 4.79 Å². The van der Waals surface area contributed by atoms with Crippen molar-refractivity contribution in [3.8, 4) is 0 Å². The molecular formula is C3H8N2O3. The van der Waals surface area contributed by atoms with E-state index in [0.29, 0.717) is 0 Å². The Balaban J connectivity index is 3.64. The summed E-state index contributed by atoms with van der Waals surface area (Å²) in [5, 5.41) is 16.3. The second kappa shape index (κ2) is 2.61. The minimum atomic E-state index is -1.48. The van der Waals surface area contributed by atoms with E-state index in [1.807, 2.05) is 0 Å². The molecule has 5 nitrogen and oxygen atoms in total. The zero-order chi connectivity index (χ0) is 6.73. The van der Waals surface area contributed by atoms with Crippen LogP contribution in [0, 0.1) is 0 Å². The average Bonchev–Trinajstić information content (AvgIpc) is 1.64. The zero-order valence-electron chi connectivity index (χ0n) is 4.11. The summed E-state index contributed by atoms with van der Waals surface area (Å²) >= 11 is 0. The SMILES string of the molecule is NC(O)C(N)C(=O)O. The van der Waals surface area contributed by atoms with Crippen LogP contribution >= 0.6 is 0 Å². The van der Waals surface area contributed by atoms with E-state index in [-0.39, 0.29) is 0 Å². The number of nitrogens with two attached hydrogens (primary N) is 2. The molecule has 2 atom stereocenters. The number of carboxylic acid groups (broad SMARTS) is 1. The Hall–Kier alpha value is -0.650. The molecule has 0 rings (SSSR count). The fourth-order valence-corrected chi connectivity index (χ4v) is 0.146. The van der Waals surface area contributed by atoms with Crippen LogP contribution < -0.4 is 11.5 Å². The van der Waals surface area contributed by atoms with Gasteiger partial charge >= 0.3 is 5.97 Å². The zero-order valence-corrected chi connectivity index (χ0v) is 4.11. The lowest BCUT2D eigenvalue weighted by molar-refractivity contribution is -0.141. The van der Waals surface area contributed by atoms with Crippen LogP contribution in [0.2, 0.25) is 0 Å². The van der Waals surface area contributed by atoms with Crippen LogP contribution in [0.4, 0.5) is 0 Å². The van der Waals surface area contributed by atoms with E-state index in [1.54, 1.807) is 0 Å². The molecule has 8 heavy (non-hydrogen) atoms. The molecule has 0 aromatic carbocycles. The first-order chi connectivity index (χ1) is 3.55. The summed E-state index contributed by atoms with van der Waals surface area (Å²) in [5.41, 5.74) is 9.47. The van der Waals surface area contributed by atoms with Gasteiger partial charge in [-0.25, -0.2) is 0 Å². The molecule has 0 aliphatic heterocycles. The molecule has 0 amide bonds. The minimum Gasteiger partial charge on any atom is -0.480 e. The van der Waals surface area contributed by atoms with Crippen LogP contribution in [0.3, 0.4) is 0 Å². The van der Waals surface area contributed by atoms with E-state index in [1.165, 1.54) is 0 Å². The lowest BCUT2D eigenvalue weighted by Crippen LogP contribution is -2.46. The molecule has 6 N–H and O–H groups in total. The van der Waals surface area contributed by atoms with Crippen LogP contribution in [0.1, 0.15) is 0 Å². The average molecular weight is 120 g/mol. The molecule has 0 aliphatic carbocycles. The van der Waals surface area contributed by atoms with E-state index in [4.69, 9.17) is 15.9 Å². The van der Waals surface area contributed by atoms with Gasteiger partial charge in [0.1, 0.15) is 12.3 Å². The predicted octanol–water partition coefficient (Wildman–Crippen LogP) is -2.32. The van der Waals surface area contributed by atoms with Crippen molar-refractivity contribution in [3.05, 3.63) is 0 Å². The van der Waals surface area contributed by atoms with Crippen molar-refractivity contribution in [1.82, 2.24) is 0 Å². The highest BCUT2D eigenvalue weighted by atomic mass is 16.4. The van der Waals surface area contributed by atoms with Gasteiger partial charge in [-0.05, 0) is 0 Å². The van der Waals surface area contributed by atoms with Gasteiger partial charge in [-0.3, -0.25) is 4.79 Å². The first-order valence-corrected chi connectivity index (χ1v) is 1.97.